The normalized spacial score (nSPS) is 20.7. The topological polar surface area (TPSA) is 97.2 Å². The van der Waals surface area contributed by atoms with Crippen LogP contribution in [0.15, 0.2) is 35.7 Å². The van der Waals surface area contributed by atoms with Crippen LogP contribution in [-0.4, -0.2) is 110 Å². The highest BCUT2D eigenvalue weighted by molar-refractivity contribution is 7.89. The highest BCUT2D eigenvalue weighted by atomic mass is 32.2. The predicted molar refractivity (Wildman–Crippen MR) is 140 cm³/mol. The Balaban J connectivity index is 1.34. The molecule has 216 valence electrons. The number of carbonyl (C=O) groups is 1. The van der Waals surface area contributed by atoms with Gasteiger partial charge in [-0.25, -0.2) is 22.2 Å². The van der Waals surface area contributed by atoms with Crippen LogP contribution in [0.25, 0.3) is 0 Å². The standard InChI is InChI=1S/C26H37F2N5O5S/c1-20-14-23(37-3)15-21(2)25(20)39(35,36)33-6-4-26(27,28)16-22(33)17-38-18-24(34)32-12-10-30(11-13-32)8-9-31-7-5-29-19-31/h5,7,14-15,19,22H,4,6,8-13,16-18H2,1-3H3/t22-/m0/s1. The fraction of sp³-hybridized carbons (Fsp3) is 0.615. The van der Waals surface area contributed by atoms with Crippen LogP contribution >= 0.6 is 0 Å². The molecule has 2 aliphatic heterocycles. The summed E-state index contributed by atoms with van der Waals surface area (Å²) in [6.07, 6.45) is 4.18. The zero-order chi connectivity index (χ0) is 28.2. The Kier molecular flexibility index (Phi) is 9.25. The number of hydrogen-bond donors (Lipinski definition) is 0. The van der Waals surface area contributed by atoms with E-state index in [9.17, 15) is 22.0 Å². The van der Waals surface area contributed by atoms with Crippen molar-refractivity contribution in [3.8, 4) is 5.75 Å². The third kappa shape index (κ3) is 7.13. The lowest BCUT2D eigenvalue weighted by molar-refractivity contribution is -0.139. The van der Waals surface area contributed by atoms with Gasteiger partial charge in [-0.3, -0.25) is 9.69 Å². The number of ether oxygens (including phenoxy) is 2. The first-order valence-corrected chi connectivity index (χ1v) is 14.5. The van der Waals surface area contributed by atoms with E-state index in [0.717, 1.165) is 30.5 Å². The van der Waals surface area contributed by atoms with Gasteiger partial charge in [0.1, 0.15) is 12.4 Å². The minimum absolute atomic E-state index is 0.0838. The van der Waals surface area contributed by atoms with Crippen LogP contribution < -0.4 is 4.74 Å². The van der Waals surface area contributed by atoms with Crippen LogP contribution in [0.4, 0.5) is 8.78 Å². The number of aromatic nitrogens is 2. The Morgan fingerprint density at radius 2 is 1.79 bits per heavy atom. The van der Waals surface area contributed by atoms with Crippen LogP contribution in [0.2, 0.25) is 0 Å². The molecule has 4 rings (SSSR count). The number of piperidine rings is 1. The monoisotopic (exact) mass is 569 g/mol. The van der Waals surface area contributed by atoms with E-state index in [1.54, 1.807) is 43.4 Å². The van der Waals surface area contributed by atoms with Crippen molar-refractivity contribution in [2.24, 2.45) is 0 Å². The maximum absolute atomic E-state index is 14.4. The summed E-state index contributed by atoms with van der Waals surface area (Å²) in [4.78, 5) is 20.8. The fourth-order valence-electron chi connectivity index (χ4n) is 5.29. The van der Waals surface area contributed by atoms with Crippen molar-refractivity contribution in [3.63, 3.8) is 0 Å². The minimum atomic E-state index is -4.09. The molecule has 2 fully saturated rings. The fourth-order valence-corrected chi connectivity index (χ4v) is 7.31. The molecule has 1 aromatic heterocycles. The Hall–Kier alpha value is -2.61. The molecule has 2 aromatic rings. The molecule has 3 heterocycles. The van der Waals surface area contributed by atoms with E-state index in [2.05, 4.69) is 9.88 Å². The zero-order valence-corrected chi connectivity index (χ0v) is 23.5. The molecular formula is C26H37F2N5O5S. The number of sulfonamides is 1. The maximum atomic E-state index is 14.4. The number of benzene rings is 1. The number of halogens is 2. The molecule has 0 radical (unpaired) electrons. The Labute approximate surface area is 228 Å². The third-order valence-corrected chi connectivity index (χ3v) is 9.63. The van der Waals surface area contributed by atoms with Gasteiger partial charge in [0.25, 0.3) is 5.92 Å². The summed E-state index contributed by atoms with van der Waals surface area (Å²) >= 11 is 0. The Bertz CT molecular complexity index is 1210. The summed E-state index contributed by atoms with van der Waals surface area (Å²) in [6.45, 7) is 6.61. The van der Waals surface area contributed by atoms with E-state index in [0.29, 0.717) is 30.0 Å². The average Bonchev–Trinajstić information content (AvgIpc) is 3.40. The highest BCUT2D eigenvalue weighted by Crippen LogP contribution is 2.37. The number of hydrogen-bond acceptors (Lipinski definition) is 7. The van der Waals surface area contributed by atoms with Crippen LogP contribution in [0.1, 0.15) is 24.0 Å². The van der Waals surface area contributed by atoms with Crippen LogP contribution in [0.3, 0.4) is 0 Å². The Morgan fingerprint density at radius 3 is 2.41 bits per heavy atom. The molecule has 1 aromatic carbocycles. The number of rotatable bonds is 10. The molecule has 2 aliphatic rings. The first kappa shape index (κ1) is 29.4. The number of nitrogens with zero attached hydrogens (tertiary/aromatic N) is 5. The van der Waals surface area contributed by atoms with Crippen molar-refractivity contribution in [2.75, 3.05) is 59.6 Å². The minimum Gasteiger partial charge on any atom is -0.497 e. The lowest BCUT2D eigenvalue weighted by Gasteiger charge is -2.39. The molecule has 2 saturated heterocycles. The number of methoxy groups -OCH3 is 1. The maximum Gasteiger partial charge on any atom is 0.251 e. The van der Waals surface area contributed by atoms with Crippen molar-refractivity contribution in [3.05, 3.63) is 42.0 Å². The van der Waals surface area contributed by atoms with Gasteiger partial charge in [0.05, 0.1) is 31.0 Å². The summed E-state index contributed by atoms with van der Waals surface area (Å²) in [5.41, 5.74) is 0.950. The molecule has 0 bridgehead atoms. The lowest BCUT2D eigenvalue weighted by Crippen LogP contribution is -2.52. The molecule has 1 amide bonds. The summed E-state index contributed by atoms with van der Waals surface area (Å²) < 4.78 is 70.0. The number of carbonyl (C=O) groups excluding carboxylic acids is 1. The molecule has 10 nitrogen and oxygen atoms in total. The molecule has 39 heavy (non-hydrogen) atoms. The Morgan fingerprint density at radius 1 is 1.10 bits per heavy atom. The molecule has 0 N–H and O–H groups in total. The van der Waals surface area contributed by atoms with Crippen LogP contribution in [0.5, 0.6) is 5.75 Å². The molecule has 0 unspecified atom stereocenters. The zero-order valence-electron chi connectivity index (χ0n) is 22.7. The van der Waals surface area contributed by atoms with Gasteiger partial charge in [0.2, 0.25) is 15.9 Å². The first-order chi connectivity index (χ1) is 18.5. The number of imidazole rings is 1. The van der Waals surface area contributed by atoms with Crippen molar-refractivity contribution >= 4 is 15.9 Å². The predicted octanol–water partition coefficient (Wildman–Crippen LogP) is 2.16. The van der Waals surface area contributed by atoms with Gasteiger partial charge in [0.15, 0.2) is 0 Å². The van der Waals surface area contributed by atoms with E-state index >= 15 is 0 Å². The lowest BCUT2D eigenvalue weighted by atomic mass is 10.0. The van der Waals surface area contributed by atoms with Crippen molar-refractivity contribution in [1.29, 1.82) is 0 Å². The van der Waals surface area contributed by atoms with Gasteiger partial charge in [-0.15, -0.1) is 0 Å². The van der Waals surface area contributed by atoms with Crippen LogP contribution in [-0.2, 0) is 26.1 Å². The van der Waals surface area contributed by atoms with E-state index in [1.165, 1.54) is 7.11 Å². The summed E-state index contributed by atoms with van der Waals surface area (Å²) in [5, 5.41) is 0. The second-order valence-electron chi connectivity index (χ2n) is 10.2. The van der Waals surface area contributed by atoms with Gasteiger partial charge in [-0.05, 0) is 37.1 Å². The number of aryl methyl sites for hydroxylation is 2. The van der Waals surface area contributed by atoms with Gasteiger partial charge < -0.3 is 18.9 Å². The van der Waals surface area contributed by atoms with Crippen LogP contribution in [0, 0.1) is 13.8 Å². The van der Waals surface area contributed by atoms with E-state index < -0.39 is 34.8 Å². The van der Waals surface area contributed by atoms with E-state index in [-0.39, 0.29) is 30.6 Å². The average molecular weight is 570 g/mol. The summed E-state index contributed by atoms with van der Waals surface area (Å²) in [5.74, 6) is -2.73. The number of piperazine rings is 1. The van der Waals surface area contributed by atoms with Crippen molar-refractivity contribution in [2.45, 2.75) is 50.1 Å². The van der Waals surface area contributed by atoms with E-state index in [4.69, 9.17) is 9.47 Å². The molecule has 13 heteroatoms. The summed E-state index contributed by atoms with van der Waals surface area (Å²) in [7, 11) is -2.60. The number of amides is 1. The third-order valence-electron chi connectivity index (χ3n) is 7.37. The summed E-state index contributed by atoms with van der Waals surface area (Å²) in [6, 6.07) is 2.13. The SMILES string of the molecule is COc1cc(C)c(S(=O)(=O)N2CCC(F)(F)C[C@H]2COCC(=O)N2CCN(CCn3ccnc3)CC2)c(C)c1. The van der Waals surface area contributed by atoms with Gasteiger partial charge >= 0.3 is 0 Å². The van der Waals surface area contributed by atoms with Crippen molar-refractivity contribution < 1.29 is 31.5 Å². The second-order valence-corrected chi connectivity index (χ2v) is 12.0. The quantitative estimate of drug-likeness (QED) is 0.433. The molecule has 0 aliphatic carbocycles. The largest absolute Gasteiger partial charge is 0.497 e. The number of alkyl halides is 2. The van der Waals surface area contributed by atoms with Gasteiger partial charge in [0, 0.05) is 71.0 Å². The smallest absolute Gasteiger partial charge is 0.251 e. The molecular weight excluding hydrogens is 532 g/mol. The molecule has 0 saturated carbocycles. The molecule has 1 atom stereocenters. The highest BCUT2D eigenvalue weighted by Gasteiger charge is 2.45. The van der Waals surface area contributed by atoms with E-state index in [1.807, 2.05) is 10.8 Å². The second kappa shape index (κ2) is 12.3. The first-order valence-electron chi connectivity index (χ1n) is 13.1. The van der Waals surface area contributed by atoms with Gasteiger partial charge in [-0.2, -0.15) is 4.31 Å². The molecule has 0 spiro atoms. The van der Waals surface area contributed by atoms with Gasteiger partial charge in [-0.1, -0.05) is 0 Å². The van der Waals surface area contributed by atoms with Crippen molar-refractivity contribution in [1.82, 2.24) is 23.7 Å².